The number of aryl methyl sites for hydroxylation is 2. The molecule has 21 heavy (non-hydrogen) atoms. The van der Waals surface area contributed by atoms with Gasteiger partial charge in [-0.05, 0) is 34.6 Å². The van der Waals surface area contributed by atoms with E-state index in [2.05, 4.69) is 10.4 Å². The number of rotatable bonds is 5. The number of carbonyl (C=O) groups is 2. The average molecular weight is 295 g/mol. The SMILES string of the molecule is Cc1nn(C)cc1[C@H](C)NC(=O)CCC(=O)OC(C)(C)C. The zero-order valence-electron chi connectivity index (χ0n) is 13.7. The largest absolute Gasteiger partial charge is 0.460 e. The topological polar surface area (TPSA) is 73.2 Å². The second-order valence-electron chi connectivity index (χ2n) is 6.22. The Morgan fingerprint density at radius 3 is 2.48 bits per heavy atom. The van der Waals surface area contributed by atoms with Crippen molar-refractivity contribution < 1.29 is 14.3 Å². The number of amides is 1. The third-order valence-corrected chi connectivity index (χ3v) is 2.87. The molecule has 1 N–H and O–H groups in total. The van der Waals surface area contributed by atoms with Crippen molar-refractivity contribution in [3.8, 4) is 0 Å². The van der Waals surface area contributed by atoms with Crippen molar-refractivity contribution in [3.63, 3.8) is 0 Å². The normalized spacial score (nSPS) is 12.9. The lowest BCUT2D eigenvalue weighted by molar-refractivity contribution is -0.155. The van der Waals surface area contributed by atoms with E-state index in [1.165, 1.54) is 0 Å². The van der Waals surface area contributed by atoms with Crippen LogP contribution in [0, 0.1) is 6.92 Å². The van der Waals surface area contributed by atoms with Gasteiger partial charge < -0.3 is 10.1 Å². The lowest BCUT2D eigenvalue weighted by atomic mass is 10.1. The van der Waals surface area contributed by atoms with Gasteiger partial charge in [0.2, 0.25) is 5.91 Å². The van der Waals surface area contributed by atoms with Crippen LogP contribution in [-0.2, 0) is 21.4 Å². The molecule has 1 amide bonds. The van der Waals surface area contributed by atoms with E-state index in [-0.39, 0.29) is 30.8 Å². The Labute approximate surface area is 125 Å². The van der Waals surface area contributed by atoms with Crippen LogP contribution in [0.1, 0.15) is 57.8 Å². The van der Waals surface area contributed by atoms with E-state index in [0.29, 0.717) is 0 Å². The van der Waals surface area contributed by atoms with Crippen molar-refractivity contribution in [2.24, 2.45) is 7.05 Å². The minimum absolute atomic E-state index is 0.0852. The molecule has 0 unspecified atom stereocenters. The molecule has 1 aromatic rings. The Morgan fingerprint density at radius 1 is 1.38 bits per heavy atom. The zero-order chi connectivity index (χ0) is 16.2. The summed E-state index contributed by atoms with van der Waals surface area (Å²) in [4.78, 5) is 23.4. The first-order chi connectivity index (χ1) is 9.58. The average Bonchev–Trinajstić information content (AvgIpc) is 2.63. The van der Waals surface area contributed by atoms with Gasteiger partial charge in [0.05, 0.1) is 18.2 Å². The van der Waals surface area contributed by atoms with Crippen molar-refractivity contribution in [2.75, 3.05) is 0 Å². The zero-order valence-corrected chi connectivity index (χ0v) is 13.7. The van der Waals surface area contributed by atoms with Gasteiger partial charge in [-0.15, -0.1) is 0 Å². The van der Waals surface area contributed by atoms with E-state index < -0.39 is 5.60 Å². The predicted molar refractivity (Wildman–Crippen MR) is 79.6 cm³/mol. The summed E-state index contributed by atoms with van der Waals surface area (Å²) in [7, 11) is 1.84. The molecule has 0 spiro atoms. The minimum atomic E-state index is -0.520. The van der Waals surface area contributed by atoms with Gasteiger partial charge in [0.15, 0.2) is 0 Å². The van der Waals surface area contributed by atoms with Gasteiger partial charge in [0, 0.05) is 25.2 Å². The van der Waals surface area contributed by atoms with Crippen LogP contribution in [0.15, 0.2) is 6.20 Å². The van der Waals surface area contributed by atoms with Crippen molar-refractivity contribution in [1.29, 1.82) is 0 Å². The highest BCUT2D eigenvalue weighted by atomic mass is 16.6. The second kappa shape index (κ2) is 6.74. The molecule has 6 heteroatoms. The predicted octanol–water partition coefficient (Wildman–Crippen LogP) is 2.03. The fraction of sp³-hybridized carbons (Fsp3) is 0.667. The Morgan fingerprint density at radius 2 is 2.00 bits per heavy atom. The third kappa shape index (κ3) is 5.97. The highest BCUT2D eigenvalue weighted by Crippen LogP contribution is 2.16. The van der Waals surface area contributed by atoms with Gasteiger partial charge in [-0.3, -0.25) is 14.3 Å². The van der Waals surface area contributed by atoms with E-state index in [1.807, 2.05) is 27.1 Å². The van der Waals surface area contributed by atoms with E-state index >= 15 is 0 Å². The van der Waals surface area contributed by atoms with E-state index in [0.717, 1.165) is 11.3 Å². The van der Waals surface area contributed by atoms with Gasteiger partial charge >= 0.3 is 5.97 Å². The van der Waals surface area contributed by atoms with Crippen LogP contribution in [0.4, 0.5) is 0 Å². The summed E-state index contributed by atoms with van der Waals surface area (Å²) in [5, 5.41) is 7.11. The molecule has 0 saturated heterocycles. The molecule has 1 heterocycles. The molecule has 0 aromatic carbocycles. The maximum absolute atomic E-state index is 11.9. The van der Waals surface area contributed by atoms with Crippen molar-refractivity contribution in [3.05, 3.63) is 17.5 Å². The molecule has 1 aromatic heterocycles. The molecule has 0 radical (unpaired) electrons. The van der Waals surface area contributed by atoms with Crippen LogP contribution in [-0.4, -0.2) is 27.3 Å². The number of nitrogens with zero attached hydrogens (tertiary/aromatic N) is 2. The Kier molecular flexibility index (Phi) is 5.52. The van der Waals surface area contributed by atoms with Crippen LogP contribution in [0.2, 0.25) is 0 Å². The molecule has 118 valence electrons. The number of esters is 1. The lowest BCUT2D eigenvalue weighted by Gasteiger charge is -2.19. The van der Waals surface area contributed by atoms with Crippen LogP contribution < -0.4 is 5.32 Å². The molecule has 1 rings (SSSR count). The molecular weight excluding hydrogens is 270 g/mol. The molecule has 0 saturated carbocycles. The highest BCUT2D eigenvalue weighted by Gasteiger charge is 2.18. The number of nitrogens with one attached hydrogen (secondary N) is 1. The maximum atomic E-state index is 11.9. The van der Waals surface area contributed by atoms with Gasteiger partial charge in [-0.2, -0.15) is 5.10 Å². The molecule has 6 nitrogen and oxygen atoms in total. The third-order valence-electron chi connectivity index (χ3n) is 2.87. The van der Waals surface area contributed by atoms with E-state index in [4.69, 9.17) is 4.74 Å². The van der Waals surface area contributed by atoms with Crippen LogP contribution in [0.25, 0.3) is 0 Å². The molecule has 0 fully saturated rings. The van der Waals surface area contributed by atoms with Gasteiger partial charge in [-0.25, -0.2) is 0 Å². The number of aromatic nitrogens is 2. The lowest BCUT2D eigenvalue weighted by Crippen LogP contribution is -2.29. The standard InChI is InChI=1S/C15H25N3O3/c1-10(12-9-18(6)17-11(12)2)16-13(19)7-8-14(20)21-15(3,4)5/h9-10H,7-8H2,1-6H3,(H,16,19)/t10-/m0/s1. The van der Waals surface area contributed by atoms with Crippen LogP contribution >= 0.6 is 0 Å². The number of ether oxygens (including phenoxy) is 1. The summed E-state index contributed by atoms with van der Waals surface area (Å²) in [6, 6.07) is -0.134. The molecular formula is C15H25N3O3. The highest BCUT2D eigenvalue weighted by molar-refractivity contribution is 5.81. The first-order valence-corrected chi connectivity index (χ1v) is 7.10. The molecule has 1 atom stereocenters. The Balaban J connectivity index is 2.44. The Bertz CT molecular complexity index is 515. The molecule has 0 aliphatic carbocycles. The van der Waals surface area contributed by atoms with Crippen LogP contribution in [0.3, 0.4) is 0 Å². The maximum Gasteiger partial charge on any atom is 0.306 e. The van der Waals surface area contributed by atoms with Crippen molar-refractivity contribution >= 4 is 11.9 Å². The summed E-state index contributed by atoms with van der Waals surface area (Å²) in [6.45, 7) is 9.21. The van der Waals surface area contributed by atoms with E-state index in [9.17, 15) is 9.59 Å². The first-order valence-electron chi connectivity index (χ1n) is 7.10. The summed E-state index contributed by atoms with van der Waals surface area (Å²) >= 11 is 0. The number of hydrogen-bond acceptors (Lipinski definition) is 4. The van der Waals surface area contributed by atoms with Gasteiger partial charge in [-0.1, -0.05) is 0 Å². The van der Waals surface area contributed by atoms with Gasteiger partial charge in [0.1, 0.15) is 5.60 Å². The molecule has 0 bridgehead atoms. The first kappa shape index (κ1) is 17.2. The molecule has 0 aliphatic heterocycles. The number of carbonyl (C=O) groups excluding carboxylic acids is 2. The summed E-state index contributed by atoms with van der Waals surface area (Å²) in [5.41, 5.74) is 1.34. The number of hydrogen-bond donors (Lipinski definition) is 1. The minimum Gasteiger partial charge on any atom is -0.460 e. The summed E-state index contributed by atoms with van der Waals surface area (Å²) < 4.78 is 6.88. The Hall–Kier alpha value is -1.85. The fourth-order valence-corrected chi connectivity index (χ4v) is 2.04. The van der Waals surface area contributed by atoms with E-state index in [1.54, 1.807) is 25.5 Å². The smallest absolute Gasteiger partial charge is 0.306 e. The monoisotopic (exact) mass is 295 g/mol. The van der Waals surface area contributed by atoms with Crippen LogP contribution in [0.5, 0.6) is 0 Å². The second-order valence-corrected chi connectivity index (χ2v) is 6.22. The van der Waals surface area contributed by atoms with Crippen molar-refractivity contribution in [1.82, 2.24) is 15.1 Å². The molecule has 0 aliphatic rings. The van der Waals surface area contributed by atoms with Gasteiger partial charge in [0.25, 0.3) is 0 Å². The van der Waals surface area contributed by atoms with Crippen molar-refractivity contribution in [2.45, 2.75) is 59.1 Å². The quantitative estimate of drug-likeness (QED) is 0.844. The summed E-state index contributed by atoms with van der Waals surface area (Å²) in [5.74, 6) is -0.528. The fourth-order valence-electron chi connectivity index (χ4n) is 2.04. The summed E-state index contributed by atoms with van der Waals surface area (Å²) in [6.07, 6.45) is 2.09.